The summed E-state index contributed by atoms with van der Waals surface area (Å²) >= 11 is 3.21. The van der Waals surface area contributed by atoms with Gasteiger partial charge in [-0.05, 0) is 33.6 Å². The number of rotatable bonds is 9. The fourth-order valence-electron chi connectivity index (χ4n) is 1.84. The number of carboxylic acid groups (broad SMARTS) is 1. The highest BCUT2D eigenvalue weighted by atomic mass is 32.2. The second-order valence-corrected chi connectivity index (χ2v) is 7.12. The zero-order valence-corrected chi connectivity index (χ0v) is 13.2. The highest BCUT2D eigenvalue weighted by Gasteiger charge is 2.32. The molecule has 1 atom stereocenters. The predicted octanol–water partition coefficient (Wildman–Crippen LogP) is 2.64. The van der Waals surface area contributed by atoms with Gasteiger partial charge in [-0.2, -0.15) is 0 Å². The van der Waals surface area contributed by atoms with Crippen LogP contribution in [0.25, 0.3) is 0 Å². The van der Waals surface area contributed by atoms with E-state index in [0.29, 0.717) is 6.42 Å². The molecule has 0 saturated heterocycles. The zero-order chi connectivity index (χ0) is 14.3. The molecule has 0 aliphatic rings. The maximum Gasteiger partial charge on any atom is 0.323 e. The lowest BCUT2D eigenvalue weighted by Crippen LogP contribution is -2.52. The lowest BCUT2D eigenvalue weighted by Gasteiger charge is -2.28. The van der Waals surface area contributed by atoms with Gasteiger partial charge in [0.1, 0.15) is 11.0 Å². The van der Waals surface area contributed by atoms with Gasteiger partial charge in [0.25, 0.3) is 0 Å². The third-order valence-electron chi connectivity index (χ3n) is 2.72. The molecule has 0 aliphatic carbocycles. The first kappa shape index (κ1) is 16.4. The number of nitrogens with zero attached hydrogens (tertiary/aromatic N) is 2. The molecule has 0 radical (unpaired) electrons. The molecule has 1 heterocycles. The molecule has 1 aromatic heterocycles. The number of hydrogen-bond donors (Lipinski definition) is 2. The average Bonchev–Trinajstić information content (AvgIpc) is 2.80. The van der Waals surface area contributed by atoms with E-state index in [2.05, 4.69) is 15.5 Å². The number of carboxylic acids is 1. The zero-order valence-electron chi connectivity index (χ0n) is 11.5. The topological polar surface area (TPSA) is 75.1 Å². The van der Waals surface area contributed by atoms with Crippen LogP contribution in [0.4, 0.5) is 0 Å². The van der Waals surface area contributed by atoms with Gasteiger partial charge in [0.05, 0.1) is 0 Å². The molecule has 19 heavy (non-hydrogen) atoms. The molecule has 0 bridgehead atoms. The number of aliphatic carboxylic acids is 1. The van der Waals surface area contributed by atoms with E-state index in [0.717, 1.165) is 22.9 Å². The van der Waals surface area contributed by atoms with Gasteiger partial charge in [-0.25, -0.2) is 0 Å². The van der Waals surface area contributed by atoms with E-state index in [1.165, 1.54) is 11.3 Å². The highest BCUT2D eigenvalue weighted by Crippen LogP contribution is 2.22. The Bertz CT molecular complexity index is 384. The van der Waals surface area contributed by atoms with Gasteiger partial charge in [-0.15, -0.1) is 10.2 Å². The first-order valence-corrected chi connectivity index (χ1v) is 8.20. The normalized spacial score (nSPS) is 14.5. The van der Waals surface area contributed by atoms with Crippen molar-refractivity contribution in [2.24, 2.45) is 0 Å². The molecule has 0 spiro atoms. The van der Waals surface area contributed by atoms with Crippen molar-refractivity contribution in [3.8, 4) is 0 Å². The van der Waals surface area contributed by atoms with Crippen LogP contribution in [0.5, 0.6) is 0 Å². The smallest absolute Gasteiger partial charge is 0.323 e. The number of carbonyl (C=O) groups is 1. The Hall–Kier alpha value is -0.660. The Kier molecular flexibility index (Phi) is 6.74. The van der Waals surface area contributed by atoms with Crippen molar-refractivity contribution in [3.63, 3.8) is 0 Å². The summed E-state index contributed by atoms with van der Waals surface area (Å²) in [6, 6.07) is 0.164. The summed E-state index contributed by atoms with van der Waals surface area (Å²) in [6.07, 6.45) is 2.50. The molecule has 2 N–H and O–H groups in total. The maximum absolute atomic E-state index is 11.3. The first-order chi connectivity index (χ1) is 8.94. The van der Waals surface area contributed by atoms with Gasteiger partial charge in [0.2, 0.25) is 0 Å². The van der Waals surface area contributed by atoms with Crippen molar-refractivity contribution in [2.75, 3.05) is 5.75 Å². The molecule has 0 amide bonds. The van der Waals surface area contributed by atoms with E-state index in [-0.39, 0.29) is 6.04 Å². The molecule has 1 rings (SSSR count). The molecule has 5 nitrogen and oxygen atoms in total. The van der Waals surface area contributed by atoms with Crippen molar-refractivity contribution in [3.05, 3.63) is 5.51 Å². The van der Waals surface area contributed by atoms with Gasteiger partial charge in [0, 0.05) is 11.8 Å². The van der Waals surface area contributed by atoms with Crippen molar-refractivity contribution in [1.29, 1.82) is 0 Å². The van der Waals surface area contributed by atoms with Crippen LogP contribution in [-0.4, -0.2) is 38.6 Å². The predicted molar refractivity (Wildman–Crippen MR) is 78.8 cm³/mol. The van der Waals surface area contributed by atoms with Crippen LogP contribution < -0.4 is 5.32 Å². The molecule has 0 aliphatic heterocycles. The fourth-order valence-corrected chi connectivity index (χ4v) is 3.40. The number of aromatic nitrogens is 2. The van der Waals surface area contributed by atoms with Crippen LogP contribution in [0.15, 0.2) is 9.85 Å². The SMILES string of the molecule is CC(C)NC(C)(CCCCSc1nncs1)C(=O)O. The van der Waals surface area contributed by atoms with Crippen LogP contribution in [0, 0.1) is 0 Å². The molecule has 0 saturated carbocycles. The second kappa shape index (κ2) is 7.81. The summed E-state index contributed by atoms with van der Waals surface area (Å²) in [7, 11) is 0. The van der Waals surface area contributed by atoms with E-state index in [9.17, 15) is 9.90 Å². The lowest BCUT2D eigenvalue weighted by atomic mass is 9.94. The van der Waals surface area contributed by atoms with Crippen molar-refractivity contribution in [2.45, 2.75) is 56.0 Å². The van der Waals surface area contributed by atoms with Crippen molar-refractivity contribution in [1.82, 2.24) is 15.5 Å². The van der Waals surface area contributed by atoms with Crippen LogP contribution in [0.2, 0.25) is 0 Å². The molecular weight excluding hydrogens is 282 g/mol. The highest BCUT2D eigenvalue weighted by molar-refractivity contribution is 8.00. The lowest BCUT2D eigenvalue weighted by molar-refractivity contribution is -0.144. The largest absolute Gasteiger partial charge is 0.480 e. The maximum atomic E-state index is 11.3. The standard InChI is InChI=1S/C12H21N3O2S2/c1-9(2)14-12(3,10(16)17)6-4-5-7-18-11-15-13-8-19-11/h8-9,14H,4-7H2,1-3H3,(H,16,17). The third-order valence-corrected chi connectivity index (χ3v) is 4.66. The second-order valence-electron chi connectivity index (χ2n) is 4.95. The van der Waals surface area contributed by atoms with Crippen LogP contribution in [-0.2, 0) is 4.79 Å². The Balaban J connectivity index is 2.26. The van der Waals surface area contributed by atoms with E-state index in [4.69, 9.17) is 0 Å². The molecule has 0 aromatic carbocycles. The Morgan fingerprint density at radius 1 is 1.58 bits per heavy atom. The van der Waals surface area contributed by atoms with Gasteiger partial charge in [-0.3, -0.25) is 10.1 Å². The Morgan fingerprint density at radius 2 is 2.32 bits per heavy atom. The number of thioether (sulfide) groups is 1. The summed E-state index contributed by atoms with van der Waals surface area (Å²) in [6.45, 7) is 5.69. The summed E-state index contributed by atoms with van der Waals surface area (Å²) in [5.41, 5.74) is 0.887. The van der Waals surface area contributed by atoms with Crippen LogP contribution >= 0.6 is 23.1 Å². The number of nitrogens with one attached hydrogen (secondary N) is 1. The molecular formula is C12H21N3O2S2. The summed E-state index contributed by atoms with van der Waals surface area (Å²) in [4.78, 5) is 11.3. The first-order valence-electron chi connectivity index (χ1n) is 6.34. The fraction of sp³-hybridized carbons (Fsp3) is 0.750. The average molecular weight is 303 g/mol. The molecule has 7 heteroatoms. The van der Waals surface area contributed by atoms with E-state index in [1.54, 1.807) is 24.2 Å². The molecule has 1 unspecified atom stereocenters. The number of unbranched alkanes of at least 4 members (excludes halogenated alkanes) is 1. The number of hydrogen-bond acceptors (Lipinski definition) is 6. The van der Waals surface area contributed by atoms with Crippen LogP contribution in [0.3, 0.4) is 0 Å². The monoisotopic (exact) mass is 303 g/mol. The van der Waals surface area contributed by atoms with Gasteiger partial charge < -0.3 is 5.11 Å². The minimum absolute atomic E-state index is 0.164. The van der Waals surface area contributed by atoms with Gasteiger partial charge in [-0.1, -0.05) is 29.5 Å². The van der Waals surface area contributed by atoms with E-state index < -0.39 is 11.5 Å². The minimum Gasteiger partial charge on any atom is -0.480 e. The van der Waals surface area contributed by atoms with Gasteiger partial charge >= 0.3 is 5.97 Å². The van der Waals surface area contributed by atoms with Crippen molar-refractivity contribution >= 4 is 29.1 Å². The summed E-state index contributed by atoms with van der Waals surface area (Å²) in [5.74, 6) is 0.171. The molecule has 1 aromatic rings. The Labute approximate surface area is 122 Å². The van der Waals surface area contributed by atoms with E-state index >= 15 is 0 Å². The van der Waals surface area contributed by atoms with Crippen LogP contribution in [0.1, 0.15) is 40.0 Å². The quantitative estimate of drug-likeness (QED) is 0.539. The molecule has 108 valence electrons. The molecule has 0 fully saturated rings. The Morgan fingerprint density at radius 3 is 2.84 bits per heavy atom. The minimum atomic E-state index is -0.832. The summed E-state index contributed by atoms with van der Waals surface area (Å²) < 4.78 is 0.973. The van der Waals surface area contributed by atoms with Gasteiger partial charge in [0.15, 0.2) is 4.34 Å². The summed E-state index contributed by atoms with van der Waals surface area (Å²) in [5, 5.41) is 20.2. The van der Waals surface area contributed by atoms with E-state index in [1.807, 2.05) is 13.8 Å². The van der Waals surface area contributed by atoms with Crippen molar-refractivity contribution < 1.29 is 9.90 Å². The third kappa shape index (κ3) is 5.88.